The van der Waals surface area contributed by atoms with E-state index in [0.29, 0.717) is 46.3 Å². The number of pyridine rings is 2. The molecule has 0 spiro atoms. The number of benzene rings is 2. The molecule has 320 valence electrons. The fraction of sp³-hybridized carbons (Fsp3) is 0.395. The zero-order valence-corrected chi connectivity index (χ0v) is 33.7. The molecule has 2 aromatic heterocycles. The van der Waals surface area contributed by atoms with Gasteiger partial charge in [-0.2, -0.15) is 0 Å². The van der Waals surface area contributed by atoms with Gasteiger partial charge in [0.05, 0.1) is 54.7 Å². The molecule has 0 bridgehead atoms. The standard InChI is InChI=1S/C43H47FN8O9/c1-3-43(60)27-15-32-39-25(20-52(32)41(58)26(27)21-61-42(43)59)38-29(12-11-24-22(2)28(44)16-30(51-39)37(24)38)49-33(53)10-7-13-46-35(55)18-48-40(57)31(14-23-8-5-4-6-9-23)50-36(56)19-47-34(54)17-45/h4-6,8-9,15-16,29,31,60H,3,7,10-14,17-21,45H2,1-2H3,(H,46,55)(H,47,54)(H,48,57)(H,49,53)(H,50,56)/t29-,31-,43-/m0/s1. The van der Waals surface area contributed by atoms with E-state index in [1.165, 1.54) is 10.6 Å². The predicted molar refractivity (Wildman–Crippen MR) is 218 cm³/mol. The van der Waals surface area contributed by atoms with E-state index < -0.39 is 65.2 Å². The number of rotatable bonds is 15. The first-order valence-electron chi connectivity index (χ1n) is 20.2. The summed E-state index contributed by atoms with van der Waals surface area (Å²) in [4.78, 5) is 94.7. The lowest BCUT2D eigenvalue weighted by molar-refractivity contribution is -0.172. The van der Waals surface area contributed by atoms with E-state index in [4.69, 9.17) is 15.5 Å². The maximum absolute atomic E-state index is 15.3. The molecular weight excluding hydrogens is 792 g/mol. The predicted octanol–water partition coefficient (Wildman–Crippen LogP) is 0.446. The second-order valence-electron chi connectivity index (χ2n) is 15.4. The molecule has 0 saturated heterocycles. The smallest absolute Gasteiger partial charge is 0.343 e. The summed E-state index contributed by atoms with van der Waals surface area (Å²) in [6, 6.07) is 10.3. The van der Waals surface area contributed by atoms with Crippen molar-refractivity contribution < 1.29 is 43.0 Å². The number of hydrogen-bond donors (Lipinski definition) is 7. The highest BCUT2D eigenvalue weighted by atomic mass is 19.1. The number of fused-ring (bicyclic) bond motifs is 5. The summed E-state index contributed by atoms with van der Waals surface area (Å²) in [5, 5.41) is 25.3. The molecule has 3 aliphatic rings. The lowest BCUT2D eigenvalue weighted by Gasteiger charge is -2.31. The first-order valence-corrected chi connectivity index (χ1v) is 20.2. The number of carbonyl (C=O) groups is 6. The quantitative estimate of drug-likeness (QED) is 0.0563. The summed E-state index contributed by atoms with van der Waals surface area (Å²) in [5.41, 5.74) is 7.66. The number of hydrogen-bond acceptors (Lipinski definition) is 11. The van der Waals surface area contributed by atoms with Crippen LogP contribution < -0.4 is 37.9 Å². The van der Waals surface area contributed by atoms with E-state index in [1.807, 2.05) is 6.07 Å². The van der Waals surface area contributed by atoms with Crippen LogP contribution in [0.2, 0.25) is 0 Å². The highest BCUT2D eigenvalue weighted by Crippen LogP contribution is 2.46. The fourth-order valence-corrected chi connectivity index (χ4v) is 8.35. The van der Waals surface area contributed by atoms with Crippen LogP contribution in [0.15, 0.2) is 47.3 Å². The second kappa shape index (κ2) is 17.6. The summed E-state index contributed by atoms with van der Waals surface area (Å²) in [5.74, 6) is -3.85. The Kier molecular flexibility index (Phi) is 12.3. The minimum Gasteiger partial charge on any atom is -0.458 e. The van der Waals surface area contributed by atoms with Crippen LogP contribution in [0.1, 0.15) is 77.6 Å². The highest BCUT2D eigenvalue weighted by molar-refractivity contribution is 5.94. The van der Waals surface area contributed by atoms with E-state index in [0.717, 1.165) is 16.7 Å². The molecule has 2 aliphatic heterocycles. The Hall–Kier alpha value is -6.53. The summed E-state index contributed by atoms with van der Waals surface area (Å²) in [7, 11) is 0. The van der Waals surface area contributed by atoms with Gasteiger partial charge in [-0.3, -0.25) is 28.8 Å². The van der Waals surface area contributed by atoms with Crippen LogP contribution in [0.5, 0.6) is 0 Å². The van der Waals surface area contributed by atoms with Gasteiger partial charge in [-0.1, -0.05) is 37.3 Å². The van der Waals surface area contributed by atoms with Crippen molar-refractivity contribution in [1.82, 2.24) is 36.1 Å². The second-order valence-corrected chi connectivity index (χ2v) is 15.4. The van der Waals surface area contributed by atoms with E-state index >= 15 is 4.39 Å². The first kappa shape index (κ1) is 42.6. The topological polar surface area (TPSA) is 253 Å². The molecule has 0 radical (unpaired) electrons. The minimum atomic E-state index is -2.02. The largest absolute Gasteiger partial charge is 0.458 e. The number of aryl methyl sites for hydroxylation is 1. The van der Waals surface area contributed by atoms with Crippen molar-refractivity contribution in [2.75, 3.05) is 26.2 Å². The number of carbonyl (C=O) groups excluding carboxylic acids is 6. The van der Waals surface area contributed by atoms with Gasteiger partial charge in [-0.15, -0.1) is 0 Å². The van der Waals surface area contributed by atoms with Gasteiger partial charge < -0.3 is 46.7 Å². The Bertz CT molecular complexity index is 2530. The van der Waals surface area contributed by atoms with Crippen LogP contribution in [-0.2, 0) is 65.1 Å². The van der Waals surface area contributed by atoms with Crippen molar-refractivity contribution in [3.8, 4) is 11.4 Å². The van der Waals surface area contributed by atoms with Gasteiger partial charge in [0.15, 0.2) is 5.60 Å². The molecule has 5 amide bonds. The van der Waals surface area contributed by atoms with Crippen molar-refractivity contribution >= 4 is 46.4 Å². The SMILES string of the molecule is CC[C@@]1(O)C(=O)OCc2c1cc1n(c2=O)Cc2c-1nc1cc(F)c(C)c3c1c2[C@@H](NC(=O)CCCNC(=O)CNC(=O)[C@H](Cc1ccccc1)NC(=O)CNC(=O)CN)CC3. The van der Waals surface area contributed by atoms with Gasteiger partial charge in [0.1, 0.15) is 18.5 Å². The maximum atomic E-state index is 15.3. The molecule has 4 heterocycles. The molecule has 0 unspecified atom stereocenters. The molecule has 2 aromatic carbocycles. The normalized spacial score (nSPS) is 17.6. The summed E-state index contributed by atoms with van der Waals surface area (Å²) in [6.45, 7) is 2.18. The molecule has 1 aliphatic carbocycles. The number of esters is 1. The van der Waals surface area contributed by atoms with Crippen LogP contribution in [-0.4, -0.2) is 82.4 Å². The molecule has 8 N–H and O–H groups in total. The Morgan fingerprint density at radius 2 is 1.75 bits per heavy atom. The van der Waals surface area contributed by atoms with Gasteiger partial charge in [0.25, 0.3) is 5.56 Å². The molecule has 7 rings (SSSR count). The van der Waals surface area contributed by atoms with Crippen LogP contribution in [0, 0.1) is 12.7 Å². The highest BCUT2D eigenvalue weighted by Gasteiger charge is 2.46. The van der Waals surface area contributed by atoms with Crippen LogP contribution in [0.3, 0.4) is 0 Å². The number of nitrogens with zero attached hydrogens (tertiary/aromatic N) is 2. The zero-order chi connectivity index (χ0) is 43.6. The Labute approximate surface area is 349 Å². The van der Waals surface area contributed by atoms with Gasteiger partial charge in [-0.05, 0) is 60.9 Å². The Morgan fingerprint density at radius 3 is 2.49 bits per heavy atom. The molecule has 3 atom stereocenters. The minimum absolute atomic E-state index is 0.0238. The average Bonchev–Trinajstić information content (AvgIpc) is 3.63. The zero-order valence-electron chi connectivity index (χ0n) is 33.7. The molecule has 0 fully saturated rings. The number of aromatic nitrogens is 2. The maximum Gasteiger partial charge on any atom is 0.343 e. The summed E-state index contributed by atoms with van der Waals surface area (Å²) < 4.78 is 22.0. The molecule has 4 aromatic rings. The van der Waals surface area contributed by atoms with E-state index in [9.17, 15) is 38.7 Å². The molecular formula is C43H47FN8O9. The van der Waals surface area contributed by atoms with Crippen molar-refractivity contribution in [1.29, 1.82) is 0 Å². The van der Waals surface area contributed by atoms with Gasteiger partial charge >= 0.3 is 5.97 Å². The number of nitrogens with two attached hydrogens (primary N) is 1. The number of amides is 5. The average molecular weight is 839 g/mol. The van der Waals surface area contributed by atoms with Gasteiger partial charge in [0.2, 0.25) is 29.5 Å². The van der Waals surface area contributed by atoms with Gasteiger partial charge in [0, 0.05) is 42.0 Å². The van der Waals surface area contributed by atoms with Crippen molar-refractivity contribution in [3.63, 3.8) is 0 Å². The summed E-state index contributed by atoms with van der Waals surface area (Å²) in [6.07, 6.45) is 1.31. The van der Waals surface area contributed by atoms with E-state index in [-0.39, 0.29) is 75.5 Å². The number of ether oxygens (including phenoxy) is 1. The molecule has 0 saturated carbocycles. The van der Waals surface area contributed by atoms with Crippen LogP contribution in [0.4, 0.5) is 4.39 Å². The van der Waals surface area contributed by atoms with Crippen LogP contribution >= 0.6 is 0 Å². The monoisotopic (exact) mass is 838 g/mol. The molecule has 18 heteroatoms. The number of aliphatic hydroxyl groups is 1. The third kappa shape index (κ3) is 8.45. The lowest BCUT2D eigenvalue weighted by Crippen LogP contribution is -2.52. The number of halogens is 1. The number of cyclic esters (lactones) is 1. The van der Waals surface area contributed by atoms with Crippen molar-refractivity contribution in [2.45, 2.75) is 83.2 Å². The summed E-state index contributed by atoms with van der Waals surface area (Å²) >= 11 is 0. The molecule has 17 nitrogen and oxygen atoms in total. The van der Waals surface area contributed by atoms with Crippen molar-refractivity contribution in [2.24, 2.45) is 5.73 Å². The first-order chi connectivity index (χ1) is 29.2. The van der Waals surface area contributed by atoms with Gasteiger partial charge in [-0.25, -0.2) is 14.2 Å². The van der Waals surface area contributed by atoms with E-state index in [2.05, 4.69) is 26.6 Å². The number of nitrogens with one attached hydrogen (secondary N) is 5. The third-order valence-corrected chi connectivity index (χ3v) is 11.6. The molecule has 61 heavy (non-hydrogen) atoms. The Balaban J connectivity index is 1.00. The third-order valence-electron chi connectivity index (χ3n) is 11.6. The lowest BCUT2D eigenvalue weighted by atomic mass is 9.81. The Morgan fingerprint density at radius 1 is 1.00 bits per heavy atom. The fourth-order valence-electron chi connectivity index (χ4n) is 8.35. The van der Waals surface area contributed by atoms with Crippen molar-refractivity contribution in [3.05, 3.63) is 97.6 Å². The van der Waals surface area contributed by atoms with Crippen LogP contribution in [0.25, 0.3) is 22.3 Å². The van der Waals surface area contributed by atoms with E-state index in [1.54, 1.807) is 44.2 Å².